The lowest BCUT2D eigenvalue weighted by molar-refractivity contribution is 0.433. The van der Waals surface area contributed by atoms with E-state index in [0.717, 1.165) is 62.1 Å². The summed E-state index contributed by atoms with van der Waals surface area (Å²) in [5.74, 6) is 0.743. The third-order valence-electron chi connectivity index (χ3n) is 6.66. The van der Waals surface area contributed by atoms with Gasteiger partial charge in [0.05, 0.1) is 17.1 Å². The van der Waals surface area contributed by atoms with Crippen molar-refractivity contribution >= 4 is 13.6 Å². The average Bonchev–Trinajstić information content (AvgIpc) is 3.60. The monoisotopic (exact) mass is 510 g/mol. The number of pyridine rings is 2. The van der Waals surface area contributed by atoms with Gasteiger partial charge >= 0.3 is 0 Å². The summed E-state index contributed by atoms with van der Waals surface area (Å²) in [6, 6.07) is 26.5. The number of aromatic nitrogens is 6. The van der Waals surface area contributed by atoms with E-state index in [4.69, 9.17) is 23.7 Å². The van der Waals surface area contributed by atoms with Gasteiger partial charge in [0, 0.05) is 37.1 Å². The largest absolute Gasteiger partial charge is 0.344 e. The number of nitrogens with one attached hydrogen (secondary N) is 1. The number of hydrogen-bond acceptors (Lipinski definition) is 6. The van der Waals surface area contributed by atoms with Gasteiger partial charge in [-0.2, -0.15) is 5.10 Å². The molecule has 6 aromatic rings. The van der Waals surface area contributed by atoms with E-state index in [9.17, 15) is 0 Å². The Labute approximate surface area is 228 Å². The first-order valence-electron chi connectivity index (χ1n) is 12.8. The van der Waals surface area contributed by atoms with Crippen molar-refractivity contribution in [3.63, 3.8) is 0 Å². The molecule has 39 heavy (non-hydrogen) atoms. The van der Waals surface area contributed by atoms with E-state index in [2.05, 4.69) is 39.3 Å². The number of imidazole rings is 1. The molecule has 0 aliphatic heterocycles. The molecule has 0 fully saturated rings. The topological polar surface area (TPSA) is 101 Å². The van der Waals surface area contributed by atoms with Crippen molar-refractivity contribution in [2.45, 2.75) is 26.6 Å². The minimum atomic E-state index is 0.418. The first kappa shape index (κ1) is 24.7. The van der Waals surface area contributed by atoms with Gasteiger partial charge in [0.15, 0.2) is 13.6 Å². The smallest absolute Gasteiger partial charge is 0.183 e. The lowest BCUT2D eigenvalue weighted by Crippen LogP contribution is -2.20. The zero-order valence-electron chi connectivity index (χ0n) is 21.6. The molecule has 190 valence electrons. The van der Waals surface area contributed by atoms with Gasteiger partial charge < -0.3 is 15.5 Å². The quantitative estimate of drug-likeness (QED) is 0.288. The molecule has 0 saturated carbocycles. The van der Waals surface area contributed by atoms with E-state index in [1.165, 1.54) is 6.33 Å². The van der Waals surface area contributed by atoms with E-state index >= 15 is 0 Å². The molecule has 4 heterocycles. The van der Waals surface area contributed by atoms with Crippen LogP contribution >= 0.6 is 0 Å². The van der Waals surface area contributed by atoms with Crippen LogP contribution in [-0.4, -0.2) is 42.3 Å². The number of nitrogens with two attached hydrogens (primary N) is 1. The van der Waals surface area contributed by atoms with Gasteiger partial charge in [-0.3, -0.25) is 4.98 Å². The normalized spacial score (nSPS) is 11.5. The second kappa shape index (κ2) is 10.6. The van der Waals surface area contributed by atoms with Gasteiger partial charge in [-0.1, -0.05) is 48.5 Å². The Hall–Kier alpha value is -4.60. The lowest BCUT2D eigenvalue weighted by Gasteiger charge is -2.19. The fraction of sp³-hybridized carbons (Fsp3) is 0.133. The van der Waals surface area contributed by atoms with Crippen molar-refractivity contribution in [1.29, 1.82) is 0 Å². The second-order valence-corrected chi connectivity index (χ2v) is 9.52. The molecular weight excluding hydrogens is 483 g/mol. The van der Waals surface area contributed by atoms with Crippen LogP contribution in [0.3, 0.4) is 0 Å². The number of H-pyrrole nitrogens is 1. The molecule has 0 aliphatic rings. The summed E-state index contributed by atoms with van der Waals surface area (Å²) in [7, 11) is 6.58. The Morgan fingerprint density at radius 2 is 1.79 bits per heavy atom. The number of nitrogens with zero attached hydrogens (tertiary/aromatic N) is 6. The van der Waals surface area contributed by atoms with Crippen molar-refractivity contribution in [3.05, 3.63) is 114 Å². The molecule has 0 amide bonds. The van der Waals surface area contributed by atoms with E-state index in [-0.39, 0.29) is 0 Å². The molecule has 0 spiro atoms. The van der Waals surface area contributed by atoms with Crippen molar-refractivity contribution in [2.75, 3.05) is 0 Å². The van der Waals surface area contributed by atoms with E-state index in [0.29, 0.717) is 19.6 Å². The van der Waals surface area contributed by atoms with Crippen LogP contribution in [0.5, 0.6) is 0 Å². The van der Waals surface area contributed by atoms with Gasteiger partial charge in [0.1, 0.15) is 12.2 Å². The standard InChI is InChI=1S/C30H27BN8/c1-20-6-4-11-26(35-20)30-29(24-12-13-28-33-19-34-39(28)17-24)36-27(37-30)18-38(31)16-23-8-2-3-10-25(23)22-9-5-7-21(14-22)15-32/h2-14,17,19H,15-16,18,32H2,1H3,(H,36,37). The highest BCUT2D eigenvalue weighted by molar-refractivity contribution is 6.04. The zero-order valence-corrected chi connectivity index (χ0v) is 21.6. The third-order valence-corrected chi connectivity index (χ3v) is 6.66. The Bertz CT molecular complexity index is 1760. The fourth-order valence-corrected chi connectivity index (χ4v) is 4.80. The van der Waals surface area contributed by atoms with Crippen LogP contribution in [0.15, 0.2) is 91.4 Å². The van der Waals surface area contributed by atoms with Crippen molar-refractivity contribution in [2.24, 2.45) is 5.73 Å². The molecule has 2 radical (unpaired) electrons. The molecule has 0 bridgehead atoms. The molecular formula is C30H27BN8. The molecule has 0 atom stereocenters. The molecule has 6 rings (SSSR count). The Morgan fingerprint density at radius 1 is 0.923 bits per heavy atom. The summed E-state index contributed by atoms with van der Waals surface area (Å²) in [6.07, 6.45) is 3.46. The van der Waals surface area contributed by atoms with Crippen LogP contribution in [-0.2, 0) is 19.6 Å². The highest BCUT2D eigenvalue weighted by atomic mass is 15.3. The minimum absolute atomic E-state index is 0.418. The number of hydrogen-bond donors (Lipinski definition) is 2. The van der Waals surface area contributed by atoms with Crippen molar-refractivity contribution < 1.29 is 0 Å². The van der Waals surface area contributed by atoms with E-state index in [1.807, 2.05) is 67.7 Å². The first-order chi connectivity index (χ1) is 19.1. The van der Waals surface area contributed by atoms with E-state index in [1.54, 1.807) is 9.33 Å². The van der Waals surface area contributed by atoms with Crippen LogP contribution in [0, 0.1) is 6.92 Å². The summed E-state index contributed by atoms with van der Waals surface area (Å²) >= 11 is 0. The summed E-state index contributed by atoms with van der Waals surface area (Å²) in [4.78, 5) is 19.2. The van der Waals surface area contributed by atoms with E-state index < -0.39 is 0 Å². The molecule has 0 aliphatic carbocycles. The molecule has 9 heteroatoms. The number of aromatic amines is 1. The maximum Gasteiger partial charge on any atom is 0.183 e. The Morgan fingerprint density at radius 3 is 2.67 bits per heavy atom. The first-order valence-corrected chi connectivity index (χ1v) is 12.8. The highest BCUT2D eigenvalue weighted by Gasteiger charge is 2.18. The zero-order chi connectivity index (χ0) is 26.8. The van der Waals surface area contributed by atoms with Crippen molar-refractivity contribution in [1.82, 2.24) is 34.4 Å². The highest BCUT2D eigenvalue weighted by Crippen LogP contribution is 2.30. The third kappa shape index (κ3) is 5.23. The van der Waals surface area contributed by atoms with Crippen molar-refractivity contribution in [3.8, 4) is 33.8 Å². The SMILES string of the molecule is [B]N(Cc1nc(-c2ccc3ncnn3c2)c(-c2cccc(C)n2)[nH]1)Cc1ccccc1-c1cccc(CN)c1. The number of fused-ring (bicyclic) bond motifs is 1. The molecule has 3 N–H and O–H groups in total. The molecule has 0 unspecified atom stereocenters. The van der Waals surface area contributed by atoms with Gasteiger partial charge in [-0.25, -0.2) is 14.5 Å². The molecule has 2 aromatic carbocycles. The Balaban J connectivity index is 1.31. The Kier molecular flexibility index (Phi) is 6.75. The summed E-state index contributed by atoms with van der Waals surface area (Å²) in [5.41, 5.74) is 15.4. The predicted octanol–water partition coefficient (Wildman–Crippen LogP) is 4.70. The van der Waals surface area contributed by atoms with Gasteiger partial charge in [0.25, 0.3) is 0 Å². The minimum Gasteiger partial charge on any atom is -0.344 e. The van der Waals surface area contributed by atoms with Gasteiger partial charge in [-0.05, 0) is 59.5 Å². The van der Waals surface area contributed by atoms with Crippen LogP contribution < -0.4 is 5.73 Å². The molecule has 0 saturated heterocycles. The molecule has 8 nitrogen and oxygen atoms in total. The number of rotatable bonds is 8. The fourth-order valence-electron chi connectivity index (χ4n) is 4.80. The van der Waals surface area contributed by atoms with Gasteiger partial charge in [-0.15, -0.1) is 0 Å². The second-order valence-electron chi connectivity index (χ2n) is 9.52. The lowest BCUT2D eigenvalue weighted by atomic mass is 9.97. The summed E-state index contributed by atoms with van der Waals surface area (Å²) < 4.78 is 1.74. The predicted molar refractivity (Wildman–Crippen MR) is 153 cm³/mol. The maximum absolute atomic E-state index is 6.58. The number of aryl methyl sites for hydroxylation is 1. The summed E-state index contributed by atoms with van der Waals surface area (Å²) in [5, 5.41) is 4.28. The van der Waals surface area contributed by atoms with Crippen LogP contribution in [0.25, 0.3) is 39.4 Å². The maximum atomic E-state index is 6.58. The van der Waals surface area contributed by atoms with Crippen LogP contribution in [0.1, 0.15) is 22.6 Å². The van der Waals surface area contributed by atoms with Crippen LogP contribution in [0.4, 0.5) is 0 Å². The number of benzene rings is 2. The van der Waals surface area contributed by atoms with Crippen LogP contribution in [0.2, 0.25) is 0 Å². The summed E-state index contributed by atoms with van der Waals surface area (Å²) in [6.45, 7) is 3.44. The van der Waals surface area contributed by atoms with Gasteiger partial charge in [0.2, 0.25) is 0 Å². The average molecular weight is 510 g/mol. The molecule has 4 aromatic heterocycles.